The van der Waals surface area contributed by atoms with E-state index in [0.717, 1.165) is 49.1 Å². The van der Waals surface area contributed by atoms with E-state index < -0.39 is 0 Å². The molecule has 3 aromatic rings. The molecule has 7 heteroatoms. The zero-order valence-corrected chi connectivity index (χ0v) is 14.3. The SMILES string of the molecule is CCc1cc(N2CCN(c3cccc(Cl)c3)CC2)n2ncnc2n1. The van der Waals surface area contributed by atoms with Gasteiger partial charge in [-0.3, -0.25) is 0 Å². The first kappa shape index (κ1) is 15.2. The van der Waals surface area contributed by atoms with E-state index in [1.165, 1.54) is 5.69 Å². The molecule has 1 fully saturated rings. The van der Waals surface area contributed by atoms with Crippen LogP contribution in [-0.2, 0) is 6.42 Å². The highest BCUT2D eigenvalue weighted by Gasteiger charge is 2.20. The van der Waals surface area contributed by atoms with E-state index in [2.05, 4.69) is 43.9 Å². The minimum Gasteiger partial charge on any atom is -0.368 e. The van der Waals surface area contributed by atoms with Gasteiger partial charge in [0.15, 0.2) is 0 Å². The maximum atomic E-state index is 6.11. The van der Waals surface area contributed by atoms with E-state index in [0.29, 0.717) is 5.78 Å². The maximum Gasteiger partial charge on any atom is 0.254 e. The molecule has 3 heterocycles. The third-order valence-electron chi connectivity index (χ3n) is 4.43. The number of hydrogen-bond donors (Lipinski definition) is 0. The first-order valence-corrected chi connectivity index (χ1v) is 8.57. The lowest BCUT2D eigenvalue weighted by Crippen LogP contribution is -2.47. The Bertz CT molecular complexity index is 853. The Morgan fingerprint density at radius 3 is 2.62 bits per heavy atom. The lowest BCUT2D eigenvalue weighted by molar-refractivity contribution is 0.638. The Balaban J connectivity index is 1.57. The Hall–Kier alpha value is -2.34. The molecule has 1 aromatic carbocycles. The number of halogens is 1. The molecule has 0 aliphatic carbocycles. The van der Waals surface area contributed by atoms with Gasteiger partial charge in [0.25, 0.3) is 5.78 Å². The third-order valence-corrected chi connectivity index (χ3v) is 4.66. The van der Waals surface area contributed by atoms with Crippen molar-refractivity contribution in [1.29, 1.82) is 0 Å². The van der Waals surface area contributed by atoms with Crippen molar-refractivity contribution in [3.8, 4) is 0 Å². The standard InChI is InChI=1S/C17H19ClN6/c1-2-14-11-16(24-17(21-14)19-12-20-24)23-8-6-22(7-9-23)15-5-3-4-13(18)10-15/h3-5,10-12H,2,6-9H2,1H3. The van der Waals surface area contributed by atoms with E-state index in [4.69, 9.17) is 11.6 Å². The van der Waals surface area contributed by atoms with Gasteiger partial charge in [0.2, 0.25) is 0 Å². The summed E-state index contributed by atoms with van der Waals surface area (Å²) < 4.78 is 1.83. The lowest BCUT2D eigenvalue weighted by Gasteiger charge is -2.37. The van der Waals surface area contributed by atoms with Crippen molar-refractivity contribution in [1.82, 2.24) is 19.6 Å². The number of anilines is 2. The number of nitrogens with zero attached hydrogens (tertiary/aromatic N) is 6. The highest BCUT2D eigenvalue weighted by Crippen LogP contribution is 2.23. The van der Waals surface area contributed by atoms with Crippen LogP contribution in [-0.4, -0.2) is 45.8 Å². The number of aromatic nitrogens is 4. The van der Waals surface area contributed by atoms with Gasteiger partial charge in [-0.25, -0.2) is 4.98 Å². The minimum atomic E-state index is 0.668. The van der Waals surface area contributed by atoms with Gasteiger partial charge in [-0.15, -0.1) is 0 Å². The van der Waals surface area contributed by atoms with Gasteiger partial charge < -0.3 is 9.80 Å². The minimum absolute atomic E-state index is 0.668. The number of aryl methyl sites for hydroxylation is 1. The quantitative estimate of drug-likeness (QED) is 0.732. The van der Waals surface area contributed by atoms with Crippen LogP contribution >= 0.6 is 11.6 Å². The number of hydrogen-bond acceptors (Lipinski definition) is 5. The predicted molar refractivity (Wildman–Crippen MR) is 96.0 cm³/mol. The first-order valence-electron chi connectivity index (χ1n) is 8.19. The van der Waals surface area contributed by atoms with Crippen molar-refractivity contribution in [3.05, 3.63) is 47.4 Å². The van der Waals surface area contributed by atoms with Gasteiger partial charge in [0, 0.05) is 48.6 Å². The van der Waals surface area contributed by atoms with Crippen LogP contribution in [0.3, 0.4) is 0 Å². The van der Waals surface area contributed by atoms with Gasteiger partial charge in [-0.1, -0.05) is 24.6 Å². The molecule has 0 N–H and O–H groups in total. The third kappa shape index (κ3) is 2.78. The van der Waals surface area contributed by atoms with Gasteiger partial charge >= 0.3 is 0 Å². The van der Waals surface area contributed by atoms with Crippen LogP contribution in [0.1, 0.15) is 12.6 Å². The topological polar surface area (TPSA) is 49.6 Å². The molecule has 0 radical (unpaired) electrons. The number of piperazine rings is 1. The van der Waals surface area contributed by atoms with E-state index >= 15 is 0 Å². The highest BCUT2D eigenvalue weighted by atomic mass is 35.5. The Kier molecular flexibility index (Phi) is 3.98. The molecule has 124 valence electrons. The van der Waals surface area contributed by atoms with Crippen molar-refractivity contribution in [2.45, 2.75) is 13.3 Å². The van der Waals surface area contributed by atoms with Gasteiger partial charge in [0.05, 0.1) is 0 Å². The average molecular weight is 343 g/mol. The Labute approximate surface area is 145 Å². The summed E-state index contributed by atoms with van der Waals surface area (Å²) in [6, 6.07) is 10.2. The second kappa shape index (κ2) is 6.28. The molecule has 0 atom stereocenters. The Morgan fingerprint density at radius 2 is 1.88 bits per heavy atom. The van der Waals surface area contributed by atoms with E-state index in [1.807, 2.05) is 22.7 Å². The zero-order chi connectivity index (χ0) is 16.5. The van der Waals surface area contributed by atoms with E-state index in [9.17, 15) is 0 Å². The summed E-state index contributed by atoms with van der Waals surface area (Å²) in [6.45, 7) is 5.85. The van der Waals surface area contributed by atoms with Crippen LogP contribution in [0.2, 0.25) is 5.02 Å². The molecule has 0 amide bonds. The van der Waals surface area contributed by atoms with Crippen molar-refractivity contribution in [2.75, 3.05) is 36.0 Å². The summed E-state index contributed by atoms with van der Waals surface area (Å²) in [6.07, 6.45) is 2.45. The molecule has 1 aliphatic rings. The molecule has 1 saturated heterocycles. The Morgan fingerprint density at radius 1 is 1.08 bits per heavy atom. The number of benzene rings is 1. The second-order valence-electron chi connectivity index (χ2n) is 5.89. The van der Waals surface area contributed by atoms with Crippen molar-refractivity contribution >= 4 is 28.9 Å². The summed E-state index contributed by atoms with van der Waals surface area (Å²) in [5, 5.41) is 5.11. The van der Waals surface area contributed by atoms with Crippen LogP contribution < -0.4 is 9.80 Å². The molecule has 0 saturated carbocycles. The molecule has 2 aromatic heterocycles. The fraction of sp³-hybridized carbons (Fsp3) is 0.353. The maximum absolute atomic E-state index is 6.11. The summed E-state index contributed by atoms with van der Waals surface area (Å²) in [4.78, 5) is 13.5. The van der Waals surface area contributed by atoms with Crippen LogP contribution in [0, 0.1) is 0 Å². The summed E-state index contributed by atoms with van der Waals surface area (Å²) in [5.74, 6) is 1.74. The first-order chi connectivity index (χ1) is 11.7. The monoisotopic (exact) mass is 342 g/mol. The predicted octanol–water partition coefficient (Wildman–Crippen LogP) is 2.67. The molecule has 0 bridgehead atoms. The fourth-order valence-corrected chi connectivity index (χ4v) is 3.30. The molecule has 24 heavy (non-hydrogen) atoms. The zero-order valence-electron chi connectivity index (χ0n) is 13.6. The fourth-order valence-electron chi connectivity index (χ4n) is 3.12. The van der Waals surface area contributed by atoms with Crippen LogP contribution in [0.4, 0.5) is 11.5 Å². The van der Waals surface area contributed by atoms with Crippen molar-refractivity contribution in [3.63, 3.8) is 0 Å². The molecule has 0 spiro atoms. The van der Waals surface area contributed by atoms with E-state index in [1.54, 1.807) is 6.33 Å². The lowest BCUT2D eigenvalue weighted by atomic mass is 10.2. The highest BCUT2D eigenvalue weighted by molar-refractivity contribution is 6.30. The second-order valence-corrected chi connectivity index (χ2v) is 6.32. The van der Waals surface area contributed by atoms with Crippen molar-refractivity contribution in [2.24, 2.45) is 0 Å². The molecule has 6 nitrogen and oxygen atoms in total. The summed E-state index contributed by atoms with van der Waals surface area (Å²) >= 11 is 6.11. The normalized spacial score (nSPS) is 15.2. The van der Waals surface area contributed by atoms with Crippen LogP contribution in [0.25, 0.3) is 5.78 Å². The largest absolute Gasteiger partial charge is 0.368 e. The molecular formula is C17H19ClN6. The average Bonchev–Trinajstić information content (AvgIpc) is 3.09. The van der Waals surface area contributed by atoms with Gasteiger partial charge in [-0.05, 0) is 24.6 Å². The van der Waals surface area contributed by atoms with E-state index in [-0.39, 0.29) is 0 Å². The smallest absolute Gasteiger partial charge is 0.254 e. The number of fused-ring (bicyclic) bond motifs is 1. The molecule has 0 unspecified atom stereocenters. The van der Waals surface area contributed by atoms with Crippen LogP contribution in [0.15, 0.2) is 36.7 Å². The van der Waals surface area contributed by atoms with Gasteiger partial charge in [0.1, 0.15) is 12.1 Å². The number of rotatable bonds is 3. The van der Waals surface area contributed by atoms with Crippen LogP contribution in [0.5, 0.6) is 0 Å². The molecular weight excluding hydrogens is 324 g/mol. The molecule has 4 rings (SSSR count). The molecule has 1 aliphatic heterocycles. The summed E-state index contributed by atoms with van der Waals surface area (Å²) in [5.41, 5.74) is 2.22. The summed E-state index contributed by atoms with van der Waals surface area (Å²) in [7, 11) is 0. The van der Waals surface area contributed by atoms with Gasteiger partial charge in [-0.2, -0.15) is 14.6 Å². The van der Waals surface area contributed by atoms with Crippen molar-refractivity contribution < 1.29 is 0 Å².